The number of para-hydroxylation sites is 1. The molecule has 0 amide bonds. The Labute approximate surface area is 197 Å². The highest BCUT2D eigenvalue weighted by molar-refractivity contribution is 7.90. The Morgan fingerprint density at radius 2 is 1.73 bits per heavy atom. The summed E-state index contributed by atoms with van der Waals surface area (Å²) in [7, 11) is 0. The van der Waals surface area contributed by atoms with E-state index >= 15 is 0 Å². The van der Waals surface area contributed by atoms with Gasteiger partial charge in [-0.1, -0.05) is 47.6 Å². The molecule has 2 N–H and O–H groups in total. The highest BCUT2D eigenvalue weighted by Crippen LogP contribution is 2.35. The first-order valence-corrected chi connectivity index (χ1v) is 12.2. The molecule has 4 rings (SSSR count). The van der Waals surface area contributed by atoms with Crippen LogP contribution in [0.5, 0.6) is 0 Å². The first-order valence-electron chi connectivity index (χ1n) is 11.0. The first kappa shape index (κ1) is 23.4. The molecule has 4 aromatic rings. The Balaban J connectivity index is 1.77. The Kier molecular flexibility index (Phi) is 7.14. The van der Waals surface area contributed by atoms with Crippen molar-refractivity contribution in [3.05, 3.63) is 83.7 Å². The lowest BCUT2D eigenvalue weighted by Gasteiger charge is -2.29. The minimum atomic E-state index is -1.29. The number of hydrogen-bond donors (Lipinski definition) is 2. The van der Waals surface area contributed by atoms with Crippen molar-refractivity contribution in [3.63, 3.8) is 0 Å². The van der Waals surface area contributed by atoms with Crippen molar-refractivity contribution < 1.29 is 14.2 Å². The third kappa shape index (κ3) is 5.45. The summed E-state index contributed by atoms with van der Waals surface area (Å²) in [6.07, 6.45) is 1.04. The van der Waals surface area contributed by atoms with E-state index in [2.05, 4.69) is 9.88 Å². The second-order valence-corrected chi connectivity index (χ2v) is 11.0. The molecule has 2 aromatic heterocycles. The maximum Gasteiger partial charge on any atom is 0.167 e. The second-order valence-electron chi connectivity index (χ2n) is 8.96. The number of benzene rings is 2. The van der Waals surface area contributed by atoms with Gasteiger partial charge in [0, 0.05) is 53.1 Å². The van der Waals surface area contributed by atoms with Crippen LogP contribution in [0.3, 0.4) is 0 Å². The summed E-state index contributed by atoms with van der Waals surface area (Å²) in [5.74, 6) is 0. The average Bonchev–Trinajstić information content (AvgIpc) is 3.22. The number of fused-ring (bicyclic) bond motifs is 1. The SMILES string of the molecule is CC(C)(C)[S+]([O-])N[C@@H](Cc1cccc(CCO)n1)c1ccccc1-c1noc2ccccc12. The highest BCUT2D eigenvalue weighted by Gasteiger charge is 2.31. The Bertz CT molecular complexity index is 1220. The maximum atomic E-state index is 13.1. The molecule has 0 fully saturated rings. The van der Waals surface area contributed by atoms with Gasteiger partial charge in [0.2, 0.25) is 0 Å². The summed E-state index contributed by atoms with van der Waals surface area (Å²) < 4.78 is 21.6. The van der Waals surface area contributed by atoms with Gasteiger partial charge in [-0.2, -0.15) is 0 Å². The van der Waals surface area contributed by atoms with Gasteiger partial charge in [0.15, 0.2) is 5.58 Å². The number of hydrogen-bond acceptors (Lipinski definition) is 6. The lowest BCUT2D eigenvalue weighted by Crippen LogP contribution is -2.42. The molecule has 0 aliphatic rings. The van der Waals surface area contributed by atoms with Crippen LogP contribution < -0.4 is 4.72 Å². The van der Waals surface area contributed by atoms with Crippen LogP contribution >= 0.6 is 0 Å². The predicted molar refractivity (Wildman–Crippen MR) is 132 cm³/mol. The van der Waals surface area contributed by atoms with Crippen LogP contribution in [-0.4, -0.2) is 31.2 Å². The summed E-state index contributed by atoms with van der Waals surface area (Å²) in [5.41, 5.74) is 5.09. The number of aliphatic hydroxyl groups is 1. The molecule has 0 aliphatic carbocycles. The van der Waals surface area contributed by atoms with E-state index in [0.717, 1.165) is 39.2 Å². The van der Waals surface area contributed by atoms with Gasteiger partial charge in [-0.05, 0) is 50.6 Å². The van der Waals surface area contributed by atoms with Gasteiger partial charge in [0.05, 0.1) is 6.04 Å². The van der Waals surface area contributed by atoms with Crippen LogP contribution in [0.2, 0.25) is 0 Å². The van der Waals surface area contributed by atoms with Gasteiger partial charge in [-0.15, -0.1) is 4.72 Å². The first-order chi connectivity index (χ1) is 15.9. The topological polar surface area (TPSA) is 94.2 Å². The number of aliphatic hydroxyl groups excluding tert-OH is 1. The van der Waals surface area contributed by atoms with E-state index < -0.39 is 16.1 Å². The Morgan fingerprint density at radius 1 is 1.00 bits per heavy atom. The summed E-state index contributed by atoms with van der Waals surface area (Å²) in [6, 6.07) is 21.3. The van der Waals surface area contributed by atoms with Gasteiger partial charge in [-0.3, -0.25) is 4.98 Å². The van der Waals surface area contributed by atoms with Gasteiger partial charge in [-0.25, -0.2) is 0 Å². The largest absolute Gasteiger partial charge is 0.598 e. The van der Waals surface area contributed by atoms with E-state index in [1.54, 1.807) is 0 Å². The molecule has 2 heterocycles. The summed E-state index contributed by atoms with van der Waals surface area (Å²) >= 11 is -1.29. The molecule has 0 saturated carbocycles. The van der Waals surface area contributed by atoms with E-state index in [4.69, 9.17) is 9.51 Å². The lowest BCUT2D eigenvalue weighted by molar-refractivity contribution is 0.298. The molecule has 0 aliphatic heterocycles. The zero-order valence-electron chi connectivity index (χ0n) is 19.1. The Morgan fingerprint density at radius 3 is 2.52 bits per heavy atom. The molecule has 0 spiro atoms. The minimum Gasteiger partial charge on any atom is -0.598 e. The molecule has 7 heteroatoms. The zero-order valence-corrected chi connectivity index (χ0v) is 19.9. The summed E-state index contributed by atoms with van der Waals surface area (Å²) in [6.45, 7) is 5.90. The van der Waals surface area contributed by atoms with Crippen LogP contribution in [0.15, 0.2) is 71.3 Å². The van der Waals surface area contributed by atoms with E-state index in [1.165, 1.54) is 0 Å². The number of pyridine rings is 1. The minimum absolute atomic E-state index is 0.0498. The van der Waals surface area contributed by atoms with E-state index in [-0.39, 0.29) is 12.6 Å². The van der Waals surface area contributed by atoms with Crippen LogP contribution in [0, 0.1) is 0 Å². The fourth-order valence-corrected chi connectivity index (χ4v) is 4.55. The Hall–Kier alpha value is -2.71. The molecule has 6 nitrogen and oxygen atoms in total. The number of nitrogens with one attached hydrogen (secondary N) is 1. The molecule has 0 saturated heterocycles. The molecule has 0 radical (unpaired) electrons. The lowest BCUT2D eigenvalue weighted by atomic mass is 9.94. The summed E-state index contributed by atoms with van der Waals surface area (Å²) in [4.78, 5) is 4.71. The predicted octanol–water partition coefficient (Wildman–Crippen LogP) is 4.76. The number of nitrogens with zero attached hydrogens (tertiary/aromatic N) is 2. The van der Waals surface area contributed by atoms with Crippen LogP contribution in [0.25, 0.3) is 22.2 Å². The monoisotopic (exact) mass is 463 g/mol. The standard InChI is InChI=1S/C26H29N3O3S/c1-26(2,3)33(31)29-23(17-19-10-8-9-18(27-19)15-16-30)20-11-4-5-12-21(20)25-22-13-6-7-14-24(22)32-28-25/h4-14,23,29-30H,15-17H2,1-3H3/t23-,33?/m0/s1. The molecule has 2 aromatic carbocycles. The van der Waals surface area contributed by atoms with E-state index in [1.807, 2.05) is 87.5 Å². The maximum absolute atomic E-state index is 13.1. The molecule has 1 unspecified atom stereocenters. The van der Waals surface area contributed by atoms with Crippen LogP contribution in [-0.2, 0) is 24.2 Å². The van der Waals surface area contributed by atoms with Crippen molar-refractivity contribution in [3.8, 4) is 11.3 Å². The number of aromatic nitrogens is 2. The molecule has 2 atom stereocenters. The normalized spacial score (nSPS) is 13.8. The molecule has 33 heavy (non-hydrogen) atoms. The zero-order chi connectivity index (χ0) is 23.4. The molecule has 0 bridgehead atoms. The van der Waals surface area contributed by atoms with Gasteiger partial charge in [0.25, 0.3) is 0 Å². The van der Waals surface area contributed by atoms with Crippen LogP contribution in [0.1, 0.15) is 43.8 Å². The third-order valence-corrected chi connectivity index (χ3v) is 7.03. The van der Waals surface area contributed by atoms with E-state index in [9.17, 15) is 9.66 Å². The van der Waals surface area contributed by atoms with Gasteiger partial charge in [0.1, 0.15) is 10.4 Å². The van der Waals surface area contributed by atoms with Crippen molar-refractivity contribution in [2.24, 2.45) is 0 Å². The fraction of sp³-hybridized carbons (Fsp3) is 0.308. The van der Waals surface area contributed by atoms with Crippen molar-refractivity contribution in [2.75, 3.05) is 6.61 Å². The average molecular weight is 464 g/mol. The van der Waals surface area contributed by atoms with Crippen molar-refractivity contribution in [2.45, 2.75) is 44.4 Å². The second kappa shape index (κ2) is 10.1. The highest BCUT2D eigenvalue weighted by atomic mass is 32.2. The van der Waals surface area contributed by atoms with Crippen molar-refractivity contribution >= 4 is 22.3 Å². The van der Waals surface area contributed by atoms with Gasteiger partial charge < -0.3 is 14.2 Å². The molecular formula is C26H29N3O3S. The third-order valence-electron chi connectivity index (χ3n) is 5.42. The van der Waals surface area contributed by atoms with Gasteiger partial charge >= 0.3 is 0 Å². The van der Waals surface area contributed by atoms with E-state index in [0.29, 0.717) is 12.8 Å². The quantitative estimate of drug-likeness (QED) is 0.366. The molecular weight excluding hydrogens is 434 g/mol. The van der Waals surface area contributed by atoms with Crippen molar-refractivity contribution in [1.82, 2.24) is 14.9 Å². The molecule has 172 valence electrons. The summed E-state index contributed by atoms with van der Waals surface area (Å²) in [5, 5.41) is 14.6. The number of rotatable bonds is 8. The fourth-order valence-electron chi connectivity index (χ4n) is 3.72. The smallest absolute Gasteiger partial charge is 0.167 e. The van der Waals surface area contributed by atoms with Crippen LogP contribution in [0.4, 0.5) is 0 Å². The van der Waals surface area contributed by atoms with Crippen molar-refractivity contribution in [1.29, 1.82) is 0 Å².